The monoisotopic (exact) mass is 497 g/mol. The van der Waals surface area contributed by atoms with Gasteiger partial charge in [-0.05, 0) is 68.1 Å². The van der Waals surface area contributed by atoms with Gasteiger partial charge in [-0.1, -0.05) is 36.7 Å². The van der Waals surface area contributed by atoms with E-state index >= 15 is 0 Å². The second-order valence-corrected chi connectivity index (χ2v) is 11.3. The summed E-state index contributed by atoms with van der Waals surface area (Å²) in [4.78, 5) is 25.7. The van der Waals surface area contributed by atoms with Gasteiger partial charge in [0.05, 0.1) is 4.90 Å². The highest BCUT2D eigenvalue weighted by molar-refractivity contribution is 7.99. The lowest BCUT2D eigenvalue weighted by Gasteiger charge is -2.27. The summed E-state index contributed by atoms with van der Waals surface area (Å²) >= 11 is 0.384. The third-order valence-electron chi connectivity index (χ3n) is 5.63. The van der Waals surface area contributed by atoms with Crippen LogP contribution < -0.4 is 5.32 Å². The molecule has 0 aromatic heterocycles. The molecule has 0 heterocycles. The van der Waals surface area contributed by atoms with Gasteiger partial charge in [-0.2, -0.15) is 8.78 Å². The van der Waals surface area contributed by atoms with E-state index in [1.807, 2.05) is 0 Å². The number of aryl methyl sites for hydroxylation is 2. The molecule has 0 saturated heterocycles. The van der Waals surface area contributed by atoms with E-state index in [4.69, 9.17) is 4.74 Å². The highest BCUT2D eigenvalue weighted by Gasteiger charge is 2.54. The Morgan fingerprint density at radius 3 is 2.33 bits per heavy atom. The van der Waals surface area contributed by atoms with E-state index in [0.29, 0.717) is 40.7 Å². The molecule has 6 nitrogen and oxygen atoms in total. The second kappa shape index (κ2) is 10.2. The quantitative estimate of drug-likeness (QED) is 0.413. The molecule has 1 aliphatic rings. The summed E-state index contributed by atoms with van der Waals surface area (Å²) in [5, 5.41) is 2.51. The summed E-state index contributed by atoms with van der Waals surface area (Å²) in [5.74, 6) is -4.14. The first kappa shape index (κ1) is 25.2. The van der Waals surface area contributed by atoms with Crippen molar-refractivity contribution < 1.29 is 31.5 Å². The molecule has 0 aliphatic heterocycles. The topological polar surface area (TPSA) is 89.5 Å². The van der Waals surface area contributed by atoms with Crippen LogP contribution in [0.25, 0.3) is 0 Å². The van der Waals surface area contributed by atoms with Gasteiger partial charge in [-0.15, -0.1) is 0 Å². The number of esters is 1. The number of ether oxygens (including phenoxy) is 1. The van der Waals surface area contributed by atoms with Crippen molar-refractivity contribution in [1.29, 1.82) is 0 Å². The van der Waals surface area contributed by atoms with Crippen molar-refractivity contribution in [3.63, 3.8) is 0 Å². The van der Waals surface area contributed by atoms with Crippen LogP contribution in [0.15, 0.2) is 52.3 Å². The van der Waals surface area contributed by atoms with Crippen LogP contribution in [0.4, 0.5) is 14.5 Å². The molecule has 2 aromatic carbocycles. The van der Waals surface area contributed by atoms with Crippen LogP contribution in [-0.2, 0) is 24.2 Å². The number of nitrogens with one attached hydrogen (secondary N) is 1. The predicted molar refractivity (Wildman–Crippen MR) is 122 cm³/mol. The summed E-state index contributed by atoms with van der Waals surface area (Å²) in [5.41, 5.74) is 1.65. The van der Waals surface area contributed by atoms with Crippen LogP contribution in [0.2, 0.25) is 0 Å². The number of hydrogen-bond donors (Lipinski definition) is 1. The standard InChI is InChI=1S/C23H25F2NO5S2/c1-15-5-6-16(2)19(13-15)33(29,30)23(11-3-4-12-23)21(28)31-14-20(27)26-17-7-9-18(10-8-17)32-22(24)25/h5-10,13,22H,3-4,11-12,14H2,1-2H3,(H,26,27). The van der Waals surface area contributed by atoms with Gasteiger partial charge in [0.25, 0.3) is 11.7 Å². The lowest BCUT2D eigenvalue weighted by atomic mass is 10.1. The lowest BCUT2D eigenvalue weighted by molar-refractivity contribution is -0.149. The number of hydrogen-bond acceptors (Lipinski definition) is 6. The first-order valence-corrected chi connectivity index (χ1v) is 12.8. The van der Waals surface area contributed by atoms with Crippen molar-refractivity contribution in [2.75, 3.05) is 11.9 Å². The van der Waals surface area contributed by atoms with Gasteiger partial charge in [-0.25, -0.2) is 8.42 Å². The molecule has 1 amide bonds. The summed E-state index contributed by atoms with van der Waals surface area (Å²) < 4.78 is 55.4. The molecule has 178 valence electrons. The van der Waals surface area contributed by atoms with Crippen LogP contribution >= 0.6 is 11.8 Å². The number of rotatable bonds is 8. The van der Waals surface area contributed by atoms with Gasteiger partial charge in [0.15, 0.2) is 21.2 Å². The molecule has 1 fully saturated rings. The maximum Gasteiger partial charge on any atom is 0.328 e. The molecule has 10 heteroatoms. The van der Waals surface area contributed by atoms with Crippen molar-refractivity contribution >= 4 is 39.2 Å². The van der Waals surface area contributed by atoms with E-state index in [9.17, 15) is 26.8 Å². The number of thioether (sulfide) groups is 1. The molecule has 2 aromatic rings. The predicted octanol–water partition coefficient (Wildman–Crippen LogP) is 4.89. The molecule has 0 unspecified atom stereocenters. The van der Waals surface area contributed by atoms with Crippen molar-refractivity contribution in [3.8, 4) is 0 Å². The molecule has 0 spiro atoms. The Labute approximate surface area is 196 Å². The normalized spacial score (nSPS) is 15.4. The molecule has 1 N–H and O–H groups in total. The Balaban J connectivity index is 1.70. The van der Waals surface area contributed by atoms with Crippen LogP contribution in [0.5, 0.6) is 0 Å². The van der Waals surface area contributed by atoms with E-state index in [1.54, 1.807) is 32.0 Å². The average Bonchev–Trinajstić information content (AvgIpc) is 3.27. The molecule has 33 heavy (non-hydrogen) atoms. The Bertz CT molecular complexity index is 1130. The van der Waals surface area contributed by atoms with Crippen molar-refractivity contribution in [2.24, 2.45) is 0 Å². The zero-order chi connectivity index (χ0) is 24.2. The van der Waals surface area contributed by atoms with Gasteiger partial charge >= 0.3 is 5.97 Å². The van der Waals surface area contributed by atoms with Gasteiger partial charge in [-0.3, -0.25) is 9.59 Å². The minimum atomic E-state index is -4.04. The van der Waals surface area contributed by atoms with E-state index in [1.165, 1.54) is 24.3 Å². The largest absolute Gasteiger partial charge is 0.454 e. The molecule has 0 radical (unpaired) electrons. The minimum absolute atomic E-state index is 0.104. The highest BCUT2D eigenvalue weighted by Crippen LogP contribution is 2.42. The summed E-state index contributed by atoms with van der Waals surface area (Å²) in [6.07, 6.45) is 1.39. The molecule has 3 rings (SSSR count). The maximum absolute atomic E-state index is 13.6. The third kappa shape index (κ3) is 5.55. The van der Waals surface area contributed by atoms with Crippen molar-refractivity contribution in [2.45, 2.75) is 59.8 Å². The smallest absolute Gasteiger partial charge is 0.328 e. The summed E-state index contributed by atoms with van der Waals surface area (Å²) in [7, 11) is -4.04. The fourth-order valence-electron chi connectivity index (χ4n) is 3.92. The fourth-order valence-corrected chi connectivity index (χ4v) is 6.77. The number of halogens is 2. The van der Waals surface area contributed by atoms with E-state index in [0.717, 1.165) is 5.56 Å². The first-order chi connectivity index (χ1) is 15.5. The zero-order valence-corrected chi connectivity index (χ0v) is 19.9. The number of amides is 1. The van der Waals surface area contributed by atoms with Crippen LogP contribution in [0, 0.1) is 13.8 Å². The van der Waals surface area contributed by atoms with Crippen molar-refractivity contribution in [3.05, 3.63) is 53.6 Å². The van der Waals surface area contributed by atoms with E-state index in [2.05, 4.69) is 5.32 Å². The zero-order valence-electron chi connectivity index (χ0n) is 18.3. The SMILES string of the molecule is Cc1ccc(C)c(S(=O)(=O)C2(C(=O)OCC(=O)Nc3ccc(SC(F)F)cc3)CCCC2)c1. The summed E-state index contributed by atoms with van der Waals surface area (Å²) in [6, 6.07) is 10.8. The number of alkyl halides is 2. The maximum atomic E-state index is 13.6. The fraction of sp³-hybridized carbons (Fsp3) is 0.391. The van der Waals surface area contributed by atoms with Crippen LogP contribution in [0.3, 0.4) is 0 Å². The number of sulfone groups is 1. The third-order valence-corrected chi connectivity index (χ3v) is 8.97. The number of benzene rings is 2. The van der Waals surface area contributed by atoms with E-state index in [-0.39, 0.29) is 17.7 Å². The first-order valence-electron chi connectivity index (χ1n) is 10.4. The Morgan fingerprint density at radius 1 is 1.09 bits per heavy atom. The van der Waals surface area contributed by atoms with Crippen LogP contribution in [0.1, 0.15) is 36.8 Å². The highest BCUT2D eigenvalue weighted by atomic mass is 32.2. The molecule has 0 bridgehead atoms. The molecule has 0 atom stereocenters. The second-order valence-electron chi connectivity index (χ2n) is 8.00. The summed E-state index contributed by atoms with van der Waals surface area (Å²) in [6.45, 7) is 2.80. The van der Waals surface area contributed by atoms with E-state index < -0.39 is 38.8 Å². The Kier molecular flexibility index (Phi) is 7.79. The number of carbonyl (C=O) groups is 2. The Hall–Kier alpha value is -2.46. The lowest BCUT2D eigenvalue weighted by Crippen LogP contribution is -2.46. The Morgan fingerprint density at radius 2 is 1.73 bits per heavy atom. The van der Waals surface area contributed by atoms with Gasteiger partial charge in [0, 0.05) is 10.6 Å². The number of anilines is 1. The van der Waals surface area contributed by atoms with Crippen LogP contribution in [-0.4, -0.2) is 37.4 Å². The molecular formula is C23H25F2NO5S2. The van der Waals surface area contributed by atoms with Gasteiger partial charge in [0.1, 0.15) is 0 Å². The molecule has 1 saturated carbocycles. The number of carbonyl (C=O) groups excluding carboxylic acids is 2. The van der Waals surface area contributed by atoms with Gasteiger partial charge < -0.3 is 10.1 Å². The van der Waals surface area contributed by atoms with Gasteiger partial charge in [0.2, 0.25) is 0 Å². The molecule has 1 aliphatic carbocycles. The average molecular weight is 498 g/mol. The molecular weight excluding hydrogens is 472 g/mol. The van der Waals surface area contributed by atoms with Crippen molar-refractivity contribution in [1.82, 2.24) is 0 Å². The minimum Gasteiger partial charge on any atom is -0.454 e.